The van der Waals surface area contributed by atoms with E-state index < -0.39 is 0 Å². The smallest absolute Gasteiger partial charge is 0.221 e. The highest BCUT2D eigenvalue weighted by atomic mass is 16.1. The van der Waals surface area contributed by atoms with Crippen molar-refractivity contribution in [1.82, 2.24) is 24.5 Å². The molecule has 27 heavy (non-hydrogen) atoms. The minimum Gasteiger partial charge on any atom is -0.350 e. The maximum Gasteiger partial charge on any atom is 0.221 e. The van der Waals surface area contributed by atoms with Gasteiger partial charge in [0.05, 0.1) is 24.5 Å². The SMILES string of the molecule is O=C1C[C@H](c2cccc(Cn3cccn3)c2)c2c(nc3ccccn23)CN1. The van der Waals surface area contributed by atoms with Gasteiger partial charge in [-0.2, -0.15) is 5.10 Å². The van der Waals surface area contributed by atoms with Crippen molar-refractivity contribution in [3.63, 3.8) is 0 Å². The van der Waals surface area contributed by atoms with Crippen LogP contribution in [0.5, 0.6) is 0 Å². The summed E-state index contributed by atoms with van der Waals surface area (Å²) in [6.07, 6.45) is 6.18. The molecule has 1 aromatic carbocycles. The summed E-state index contributed by atoms with van der Waals surface area (Å²) in [6, 6.07) is 16.3. The van der Waals surface area contributed by atoms with Crippen molar-refractivity contribution in [2.24, 2.45) is 0 Å². The molecule has 0 fully saturated rings. The third-order valence-electron chi connectivity index (χ3n) is 5.07. The van der Waals surface area contributed by atoms with Gasteiger partial charge in [-0.1, -0.05) is 30.3 Å². The lowest BCUT2D eigenvalue weighted by Gasteiger charge is -2.17. The molecule has 1 aliphatic heterocycles. The van der Waals surface area contributed by atoms with Gasteiger partial charge >= 0.3 is 0 Å². The Bertz CT molecular complexity index is 1110. The number of carbonyl (C=O) groups excluding carboxylic acids is 1. The molecule has 0 saturated carbocycles. The summed E-state index contributed by atoms with van der Waals surface area (Å²) in [5, 5.41) is 7.27. The Hall–Kier alpha value is -3.41. The molecule has 1 aliphatic rings. The highest BCUT2D eigenvalue weighted by Gasteiger charge is 2.28. The van der Waals surface area contributed by atoms with Crippen LogP contribution in [0.3, 0.4) is 0 Å². The third kappa shape index (κ3) is 2.89. The van der Waals surface area contributed by atoms with Crippen LogP contribution in [0.1, 0.15) is 34.9 Å². The molecule has 0 bridgehead atoms. The van der Waals surface area contributed by atoms with E-state index in [9.17, 15) is 4.79 Å². The van der Waals surface area contributed by atoms with Gasteiger partial charge in [0.1, 0.15) is 5.65 Å². The van der Waals surface area contributed by atoms with Gasteiger partial charge in [-0.15, -0.1) is 0 Å². The lowest BCUT2D eigenvalue weighted by Crippen LogP contribution is -2.21. The van der Waals surface area contributed by atoms with E-state index in [4.69, 9.17) is 4.98 Å². The zero-order valence-corrected chi connectivity index (χ0v) is 14.7. The number of fused-ring (bicyclic) bond motifs is 3. The Morgan fingerprint density at radius 3 is 2.96 bits per heavy atom. The Morgan fingerprint density at radius 2 is 2.07 bits per heavy atom. The summed E-state index contributed by atoms with van der Waals surface area (Å²) >= 11 is 0. The average Bonchev–Trinajstić information content (AvgIpc) is 3.28. The quantitative estimate of drug-likeness (QED) is 0.613. The number of carbonyl (C=O) groups is 1. The Kier molecular flexibility index (Phi) is 3.74. The van der Waals surface area contributed by atoms with Crippen LogP contribution >= 0.6 is 0 Å². The van der Waals surface area contributed by atoms with E-state index in [0.29, 0.717) is 19.5 Å². The fourth-order valence-corrected chi connectivity index (χ4v) is 3.86. The number of nitrogens with zero attached hydrogens (tertiary/aromatic N) is 4. The number of aromatic nitrogens is 4. The zero-order valence-electron chi connectivity index (χ0n) is 14.7. The molecule has 3 aromatic heterocycles. The van der Waals surface area contributed by atoms with Crippen LogP contribution < -0.4 is 5.32 Å². The summed E-state index contributed by atoms with van der Waals surface area (Å²) in [7, 11) is 0. The minimum atomic E-state index is -0.0301. The molecule has 4 aromatic rings. The molecule has 4 heterocycles. The molecule has 6 heteroatoms. The summed E-state index contributed by atoms with van der Waals surface area (Å²) in [5.41, 5.74) is 5.24. The molecular formula is C21H19N5O. The van der Waals surface area contributed by atoms with Gasteiger partial charge in [-0.3, -0.25) is 9.48 Å². The molecule has 1 amide bonds. The number of amides is 1. The average molecular weight is 357 g/mol. The molecule has 0 saturated heterocycles. The van der Waals surface area contributed by atoms with Crippen molar-refractivity contribution in [2.75, 3.05) is 0 Å². The van der Waals surface area contributed by atoms with E-state index in [1.807, 2.05) is 41.3 Å². The second-order valence-electron chi connectivity index (χ2n) is 6.85. The second-order valence-corrected chi connectivity index (χ2v) is 6.85. The Balaban J connectivity index is 1.61. The first-order valence-electron chi connectivity index (χ1n) is 9.07. The number of hydrogen-bond donors (Lipinski definition) is 1. The first-order chi connectivity index (χ1) is 13.3. The van der Waals surface area contributed by atoms with Gasteiger partial charge in [-0.05, 0) is 29.3 Å². The van der Waals surface area contributed by atoms with Gasteiger partial charge in [0.15, 0.2) is 0 Å². The highest BCUT2D eigenvalue weighted by molar-refractivity contribution is 5.78. The largest absolute Gasteiger partial charge is 0.350 e. The Labute approximate surface area is 156 Å². The summed E-state index contributed by atoms with van der Waals surface area (Å²) in [4.78, 5) is 17.1. The first-order valence-corrected chi connectivity index (χ1v) is 9.07. The van der Waals surface area contributed by atoms with Crippen molar-refractivity contribution in [3.05, 3.63) is 89.6 Å². The van der Waals surface area contributed by atoms with Crippen LogP contribution in [0.4, 0.5) is 0 Å². The van der Waals surface area contributed by atoms with Crippen LogP contribution in [0.2, 0.25) is 0 Å². The topological polar surface area (TPSA) is 64.2 Å². The van der Waals surface area contributed by atoms with E-state index >= 15 is 0 Å². The molecule has 0 spiro atoms. The molecule has 6 nitrogen and oxygen atoms in total. The molecule has 1 atom stereocenters. The number of benzene rings is 1. The van der Waals surface area contributed by atoms with Crippen LogP contribution in [0, 0.1) is 0 Å². The zero-order chi connectivity index (χ0) is 18.2. The van der Waals surface area contributed by atoms with Crippen molar-refractivity contribution >= 4 is 11.6 Å². The fourth-order valence-electron chi connectivity index (χ4n) is 3.86. The van der Waals surface area contributed by atoms with Crippen LogP contribution in [0.15, 0.2) is 67.1 Å². The lowest BCUT2D eigenvalue weighted by atomic mass is 9.90. The van der Waals surface area contributed by atoms with Gasteiger partial charge < -0.3 is 9.72 Å². The van der Waals surface area contributed by atoms with Crippen molar-refractivity contribution in [2.45, 2.75) is 25.4 Å². The van der Waals surface area contributed by atoms with E-state index in [2.05, 4.69) is 39.1 Å². The number of imidazole rings is 1. The number of pyridine rings is 1. The van der Waals surface area contributed by atoms with Gasteiger partial charge in [-0.25, -0.2) is 4.98 Å². The van der Waals surface area contributed by atoms with E-state index in [1.54, 1.807) is 6.20 Å². The van der Waals surface area contributed by atoms with Crippen molar-refractivity contribution in [3.8, 4) is 0 Å². The Morgan fingerprint density at radius 1 is 1.11 bits per heavy atom. The maximum atomic E-state index is 12.3. The third-order valence-corrected chi connectivity index (χ3v) is 5.07. The van der Waals surface area contributed by atoms with Crippen molar-refractivity contribution < 1.29 is 4.79 Å². The van der Waals surface area contributed by atoms with E-state index in [0.717, 1.165) is 28.2 Å². The predicted octanol–water partition coefficient (Wildman–Crippen LogP) is 2.73. The first kappa shape index (κ1) is 15.8. The maximum absolute atomic E-state index is 12.3. The van der Waals surface area contributed by atoms with Gasteiger partial charge in [0.25, 0.3) is 0 Å². The molecule has 134 valence electrons. The molecule has 0 unspecified atom stereocenters. The van der Waals surface area contributed by atoms with Crippen molar-refractivity contribution in [1.29, 1.82) is 0 Å². The summed E-state index contributed by atoms with van der Waals surface area (Å²) < 4.78 is 4.01. The molecular weight excluding hydrogens is 338 g/mol. The molecule has 0 radical (unpaired) electrons. The second kappa shape index (κ2) is 6.39. The normalized spacial score (nSPS) is 16.7. The highest BCUT2D eigenvalue weighted by Crippen LogP contribution is 2.33. The van der Waals surface area contributed by atoms with E-state index in [-0.39, 0.29) is 11.8 Å². The fraction of sp³-hybridized carbons (Fsp3) is 0.190. The number of hydrogen-bond acceptors (Lipinski definition) is 3. The number of rotatable bonds is 3. The molecule has 1 N–H and O–H groups in total. The lowest BCUT2D eigenvalue weighted by molar-refractivity contribution is -0.121. The number of nitrogens with one attached hydrogen (secondary N) is 1. The standard InChI is InChI=1S/C21H19N5O/c27-20-12-17(16-6-3-5-15(11-16)14-25-9-4-8-23-25)21-18(13-22-20)24-19-7-1-2-10-26(19)21/h1-11,17H,12-14H2,(H,22,27)/t17-/m1/s1. The molecule has 0 aliphatic carbocycles. The van der Waals surface area contributed by atoms with Crippen LogP contribution in [0.25, 0.3) is 5.65 Å². The van der Waals surface area contributed by atoms with Gasteiger partial charge in [0.2, 0.25) is 5.91 Å². The minimum absolute atomic E-state index is 0.0301. The summed E-state index contributed by atoms with van der Waals surface area (Å²) in [5.74, 6) is 0.0256. The molecule has 5 rings (SSSR count). The van der Waals surface area contributed by atoms with Crippen LogP contribution in [-0.4, -0.2) is 25.1 Å². The van der Waals surface area contributed by atoms with Crippen LogP contribution in [-0.2, 0) is 17.9 Å². The monoisotopic (exact) mass is 357 g/mol. The van der Waals surface area contributed by atoms with E-state index in [1.165, 1.54) is 0 Å². The van der Waals surface area contributed by atoms with Gasteiger partial charge in [0, 0.05) is 30.9 Å². The predicted molar refractivity (Wildman–Crippen MR) is 101 cm³/mol. The summed E-state index contributed by atoms with van der Waals surface area (Å²) in [6.45, 7) is 1.18.